The van der Waals surface area contributed by atoms with Gasteiger partial charge < -0.3 is 19.8 Å². The van der Waals surface area contributed by atoms with Gasteiger partial charge >= 0.3 is 0 Å². The molecule has 1 aromatic carbocycles. The Balaban J connectivity index is 1.65. The summed E-state index contributed by atoms with van der Waals surface area (Å²) in [5.74, 6) is 0.314. The van der Waals surface area contributed by atoms with E-state index >= 15 is 0 Å². The van der Waals surface area contributed by atoms with Crippen LogP contribution in [0.15, 0.2) is 47.1 Å². The number of Topliss-reactive ketones (excluding diaryl/α,β-unsaturated/α-hetero) is 1. The first-order chi connectivity index (χ1) is 11.5. The van der Waals surface area contributed by atoms with Crippen LogP contribution >= 0.6 is 0 Å². The van der Waals surface area contributed by atoms with Crippen LogP contribution in [0.2, 0.25) is 0 Å². The van der Waals surface area contributed by atoms with E-state index in [0.29, 0.717) is 17.1 Å². The molecular formula is C17H18N2O5. The van der Waals surface area contributed by atoms with Crippen LogP contribution in [0.3, 0.4) is 0 Å². The second-order valence-electron chi connectivity index (χ2n) is 5.00. The average Bonchev–Trinajstić information content (AvgIpc) is 3.10. The zero-order valence-electron chi connectivity index (χ0n) is 13.2. The molecule has 0 radical (unpaired) electrons. The minimum absolute atomic E-state index is 0.0418. The largest absolute Gasteiger partial charge is 0.484 e. The third-order valence-electron chi connectivity index (χ3n) is 3.12. The molecule has 2 rings (SSSR count). The first-order valence-corrected chi connectivity index (χ1v) is 7.34. The third-order valence-corrected chi connectivity index (χ3v) is 3.12. The van der Waals surface area contributed by atoms with Crippen LogP contribution in [0.4, 0.5) is 0 Å². The Hall–Kier alpha value is -3.09. The number of carbonyl (C=O) groups is 3. The van der Waals surface area contributed by atoms with Crippen LogP contribution in [-0.4, -0.2) is 30.7 Å². The molecule has 0 saturated carbocycles. The van der Waals surface area contributed by atoms with Gasteiger partial charge in [0.25, 0.3) is 5.91 Å². The number of carbonyl (C=O) groups excluding carboxylic acids is 3. The van der Waals surface area contributed by atoms with Gasteiger partial charge in [0.15, 0.2) is 12.4 Å². The molecule has 1 aromatic heterocycles. The minimum Gasteiger partial charge on any atom is -0.484 e. The highest BCUT2D eigenvalue weighted by molar-refractivity contribution is 5.94. The average molecular weight is 330 g/mol. The summed E-state index contributed by atoms with van der Waals surface area (Å²) in [7, 11) is 0. The lowest BCUT2D eigenvalue weighted by Crippen LogP contribution is -2.38. The van der Waals surface area contributed by atoms with E-state index in [0.717, 1.165) is 0 Å². The summed E-state index contributed by atoms with van der Waals surface area (Å²) in [6.07, 6.45) is 1.52. The van der Waals surface area contributed by atoms with Gasteiger partial charge in [-0.05, 0) is 43.3 Å². The summed E-state index contributed by atoms with van der Waals surface area (Å²) in [5.41, 5.74) is 0.569. The van der Waals surface area contributed by atoms with Crippen molar-refractivity contribution in [3.63, 3.8) is 0 Å². The number of amides is 2. The number of hydrogen-bond donors (Lipinski definition) is 2. The third kappa shape index (κ3) is 5.60. The molecule has 0 saturated heterocycles. The fourth-order valence-electron chi connectivity index (χ4n) is 1.83. The van der Waals surface area contributed by atoms with Crippen molar-refractivity contribution in [2.75, 3.05) is 13.2 Å². The van der Waals surface area contributed by atoms with Gasteiger partial charge in [-0.2, -0.15) is 0 Å². The van der Waals surface area contributed by atoms with Crippen molar-refractivity contribution >= 4 is 17.6 Å². The van der Waals surface area contributed by atoms with E-state index in [2.05, 4.69) is 10.6 Å². The zero-order valence-corrected chi connectivity index (χ0v) is 13.2. The number of furan rings is 1. The molecule has 7 heteroatoms. The Bertz CT molecular complexity index is 692. The van der Waals surface area contributed by atoms with Gasteiger partial charge in [-0.25, -0.2) is 0 Å². The molecule has 2 aromatic rings. The lowest BCUT2D eigenvalue weighted by molar-refractivity contribution is -0.127. The highest BCUT2D eigenvalue weighted by atomic mass is 16.5. The molecule has 0 bridgehead atoms. The van der Waals surface area contributed by atoms with Gasteiger partial charge in [0, 0.05) is 5.56 Å². The molecule has 24 heavy (non-hydrogen) atoms. The predicted octanol–water partition coefficient (Wildman–Crippen LogP) is 1.29. The summed E-state index contributed by atoms with van der Waals surface area (Å²) in [5, 5.41) is 5.06. The number of nitrogens with one attached hydrogen (secondary N) is 2. The second-order valence-corrected chi connectivity index (χ2v) is 5.00. The lowest BCUT2D eigenvalue weighted by Gasteiger charge is -2.08. The summed E-state index contributed by atoms with van der Waals surface area (Å²) < 4.78 is 10.4. The number of ketones is 1. The van der Waals surface area contributed by atoms with E-state index in [4.69, 9.17) is 9.15 Å². The molecule has 0 atom stereocenters. The first-order valence-electron chi connectivity index (χ1n) is 7.34. The smallest absolute Gasteiger partial charge is 0.258 e. The highest BCUT2D eigenvalue weighted by Gasteiger charge is 2.07. The van der Waals surface area contributed by atoms with Crippen LogP contribution in [-0.2, 0) is 16.1 Å². The molecule has 126 valence electrons. The van der Waals surface area contributed by atoms with Crippen LogP contribution in [0.25, 0.3) is 0 Å². The SMILES string of the molecule is CC(=O)c1ccc(OCC(=O)NCC(=O)NCc2ccco2)cc1. The van der Waals surface area contributed by atoms with Crippen LogP contribution < -0.4 is 15.4 Å². The van der Waals surface area contributed by atoms with Gasteiger partial charge in [0.2, 0.25) is 5.91 Å². The van der Waals surface area contributed by atoms with Crippen molar-refractivity contribution in [2.45, 2.75) is 13.5 Å². The van der Waals surface area contributed by atoms with Crippen LogP contribution in [0.5, 0.6) is 5.75 Å². The van der Waals surface area contributed by atoms with Crippen molar-refractivity contribution < 1.29 is 23.5 Å². The first kappa shape index (κ1) is 17.3. The van der Waals surface area contributed by atoms with E-state index in [-0.39, 0.29) is 31.4 Å². The Labute approximate surface area is 139 Å². The molecular weight excluding hydrogens is 312 g/mol. The number of ether oxygens (including phenoxy) is 1. The molecule has 0 fully saturated rings. The van der Waals surface area contributed by atoms with E-state index in [1.54, 1.807) is 36.4 Å². The van der Waals surface area contributed by atoms with Crippen molar-refractivity contribution in [2.24, 2.45) is 0 Å². The summed E-state index contributed by atoms with van der Waals surface area (Å²) in [6.45, 7) is 1.37. The summed E-state index contributed by atoms with van der Waals surface area (Å²) in [6, 6.07) is 9.93. The van der Waals surface area contributed by atoms with Gasteiger partial charge in [0.1, 0.15) is 11.5 Å². The van der Waals surface area contributed by atoms with E-state index < -0.39 is 5.91 Å². The molecule has 0 aliphatic carbocycles. The zero-order chi connectivity index (χ0) is 17.4. The van der Waals surface area contributed by atoms with Gasteiger partial charge in [-0.1, -0.05) is 0 Å². The quantitative estimate of drug-likeness (QED) is 0.711. The van der Waals surface area contributed by atoms with Crippen LogP contribution in [0.1, 0.15) is 23.0 Å². The van der Waals surface area contributed by atoms with Crippen molar-refractivity contribution in [3.05, 3.63) is 54.0 Å². The number of benzene rings is 1. The van der Waals surface area contributed by atoms with Gasteiger partial charge in [-0.3, -0.25) is 14.4 Å². The van der Waals surface area contributed by atoms with E-state index in [1.807, 2.05) is 0 Å². The maximum absolute atomic E-state index is 11.6. The second kappa shape index (κ2) is 8.52. The Morgan fingerprint density at radius 3 is 2.42 bits per heavy atom. The van der Waals surface area contributed by atoms with Gasteiger partial charge in [0.05, 0.1) is 19.4 Å². The minimum atomic E-state index is -0.418. The number of hydrogen-bond acceptors (Lipinski definition) is 5. The Morgan fingerprint density at radius 1 is 1.04 bits per heavy atom. The van der Waals surface area contributed by atoms with Gasteiger partial charge in [-0.15, -0.1) is 0 Å². The van der Waals surface area contributed by atoms with Crippen molar-refractivity contribution in [1.29, 1.82) is 0 Å². The van der Waals surface area contributed by atoms with E-state index in [1.165, 1.54) is 13.2 Å². The fourth-order valence-corrected chi connectivity index (χ4v) is 1.83. The highest BCUT2D eigenvalue weighted by Crippen LogP contribution is 2.12. The maximum atomic E-state index is 11.6. The maximum Gasteiger partial charge on any atom is 0.258 e. The fraction of sp³-hybridized carbons (Fsp3) is 0.235. The Kier molecular flexibility index (Phi) is 6.13. The molecule has 2 N–H and O–H groups in total. The molecule has 1 heterocycles. The monoisotopic (exact) mass is 330 g/mol. The summed E-state index contributed by atoms with van der Waals surface area (Å²) in [4.78, 5) is 34.4. The molecule has 0 unspecified atom stereocenters. The predicted molar refractivity (Wildman–Crippen MR) is 85.5 cm³/mol. The summed E-state index contributed by atoms with van der Waals surface area (Å²) >= 11 is 0. The standard InChI is InChI=1S/C17H18N2O5/c1-12(20)13-4-6-14(7-5-13)24-11-17(22)19-10-16(21)18-9-15-3-2-8-23-15/h2-8H,9-11H2,1H3,(H,18,21)(H,19,22). The molecule has 0 spiro atoms. The molecule has 0 aliphatic rings. The topological polar surface area (TPSA) is 97.6 Å². The number of rotatable bonds is 8. The Morgan fingerprint density at radius 2 is 1.79 bits per heavy atom. The van der Waals surface area contributed by atoms with E-state index in [9.17, 15) is 14.4 Å². The normalized spacial score (nSPS) is 10.0. The lowest BCUT2D eigenvalue weighted by atomic mass is 10.1. The molecule has 2 amide bonds. The van der Waals surface area contributed by atoms with Crippen LogP contribution in [0, 0.1) is 0 Å². The molecule has 0 aliphatic heterocycles. The molecule has 7 nitrogen and oxygen atoms in total. The van der Waals surface area contributed by atoms with Crippen molar-refractivity contribution in [1.82, 2.24) is 10.6 Å². The van der Waals surface area contributed by atoms with Crippen molar-refractivity contribution in [3.8, 4) is 5.75 Å².